The number of nitrogens with two attached hydrogens (primary N) is 1. The van der Waals surface area contributed by atoms with Crippen molar-refractivity contribution in [3.8, 4) is 11.3 Å². The minimum absolute atomic E-state index is 0.128. The van der Waals surface area contributed by atoms with E-state index in [1.165, 1.54) is 24.5 Å². The van der Waals surface area contributed by atoms with Crippen LogP contribution in [-0.2, 0) is 9.59 Å². The van der Waals surface area contributed by atoms with Crippen LogP contribution in [-0.4, -0.2) is 32.7 Å². The molecule has 10 heteroatoms. The highest BCUT2D eigenvalue weighted by atomic mass is 32.1. The van der Waals surface area contributed by atoms with E-state index >= 15 is 0 Å². The van der Waals surface area contributed by atoms with E-state index in [-0.39, 0.29) is 23.8 Å². The first-order valence-electron chi connectivity index (χ1n) is 10.3. The lowest BCUT2D eigenvalue weighted by atomic mass is 10.1. The van der Waals surface area contributed by atoms with E-state index in [4.69, 9.17) is 5.73 Å². The first-order chi connectivity index (χ1) is 15.4. The third kappa shape index (κ3) is 6.74. The molecule has 0 aliphatic heterocycles. The van der Waals surface area contributed by atoms with Crippen molar-refractivity contribution in [2.24, 2.45) is 5.73 Å². The standard InChI is InChI=1S/C22H26N6O3S/c1-14(29)26-16-9-7-15(8-10-16)18-11-25-21(27-18)17(5-3-2-4-6-20(23)30)28-22(31)19-12-24-13-32-19/h7-13,17H,2-6H2,1H3,(H2,23,30)(H,25,27)(H,26,29)(H,28,31)/t17-/m0/s1. The Hall–Kier alpha value is -3.53. The quantitative estimate of drug-likeness (QED) is 0.328. The molecule has 0 aliphatic carbocycles. The number of imidazole rings is 1. The number of primary amides is 1. The van der Waals surface area contributed by atoms with Crippen LogP contribution in [0.15, 0.2) is 42.2 Å². The Morgan fingerprint density at radius 1 is 1.12 bits per heavy atom. The molecule has 0 fully saturated rings. The number of aromatic amines is 1. The predicted molar refractivity (Wildman–Crippen MR) is 123 cm³/mol. The summed E-state index contributed by atoms with van der Waals surface area (Å²) in [5.74, 6) is 0.0168. The molecule has 0 spiro atoms. The summed E-state index contributed by atoms with van der Waals surface area (Å²) in [6, 6.07) is 7.10. The van der Waals surface area contributed by atoms with E-state index in [0.29, 0.717) is 29.2 Å². The van der Waals surface area contributed by atoms with Gasteiger partial charge in [0.15, 0.2) is 0 Å². The van der Waals surface area contributed by atoms with Crippen LogP contribution in [0.4, 0.5) is 5.69 Å². The van der Waals surface area contributed by atoms with Gasteiger partial charge in [0.2, 0.25) is 11.8 Å². The van der Waals surface area contributed by atoms with Crippen molar-refractivity contribution in [2.45, 2.75) is 45.1 Å². The van der Waals surface area contributed by atoms with Crippen molar-refractivity contribution < 1.29 is 14.4 Å². The molecule has 3 aromatic rings. The second-order valence-electron chi connectivity index (χ2n) is 7.40. The van der Waals surface area contributed by atoms with Crippen LogP contribution in [0.5, 0.6) is 0 Å². The maximum absolute atomic E-state index is 12.6. The number of nitrogens with zero attached hydrogens (tertiary/aromatic N) is 2. The van der Waals surface area contributed by atoms with E-state index in [0.717, 1.165) is 30.5 Å². The predicted octanol–water partition coefficient (Wildman–Crippen LogP) is 3.40. The molecule has 2 heterocycles. The van der Waals surface area contributed by atoms with Gasteiger partial charge in [0.05, 0.1) is 29.6 Å². The third-order valence-corrected chi connectivity index (χ3v) is 5.59. The molecule has 2 aromatic heterocycles. The highest BCUT2D eigenvalue weighted by molar-refractivity contribution is 7.11. The number of anilines is 1. The SMILES string of the molecule is CC(=O)Nc1ccc(-c2cnc([C@H](CCCCCC(N)=O)NC(=O)c3cncs3)[nH]2)cc1. The second kappa shape index (κ2) is 11.2. The summed E-state index contributed by atoms with van der Waals surface area (Å²) in [6.45, 7) is 1.46. The Balaban J connectivity index is 1.70. The van der Waals surface area contributed by atoms with Gasteiger partial charge < -0.3 is 21.4 Å². The zero-order chi connectivity index (χ0) is 22.9. The van der Waals surface area contributed by atoms with Gasteiger partial charge in [-0.2, -0.15) is 0 Å². The fraction of sp³-hybridized carbons (Fsp3) is 0.318. The monoisotopic (exact) mass is 454 g/mol. The van der Waals surface area contributed by atoms with Gasteiger partial charge in [-0.1, -0.05) is 25.0 Å². The van der Waals surface area contributed by atoms with Crippen molar-refractivity contribution in [3.05, 3.63) is 52.9 Å². The number of amides is 3. The van der Waals surface area contributed by atoms with Crippen molar-refractivity contribution in [2.75, 3.05) is 5.32 Å². The number of H-pyrrole nitrogens is 1. The average Bonchev–Trinajstić information content (AvgIpc) is 3.45. The van der Waals surface area contributed by atoms with Gasteiger partial charge in [0.25, 0.3) is 5.91 Å². The maximum atomic E-state index is 12.6. The largest absolute Gasteiger partial charge is 0.370 e. The molecule has 0 unspecified atom stereocenters. The topological polar surface area (TPSA) is 143 Å². The average molecular weight is 455 g/mol. The van der Waals surface area contributed by atoms with Gasteiger partial charge in [-0.25, -0.2) is 4.98 Å². The molecule has 0 bridgehead atoms. The number of nitrogens with one attached hydrogen (secondary N) is 3. The summed E-state index contributed by atoms with van der Waals surface area (Å²) >= 11 is 1.28. The molecule has 0 aliphatic rings. The summed E-state index contributed by atoms with van der Waals surface area (Å²) in [5, 5.41) is 5.77. The normalized spacial score (nSPS) is 11.7. The third-order valence-electron chi connectivity index (χ3n) is 4.82. The van der Waals surface area contributed by atoms with Crippen LogP contribution in [0.3, 0.4) is 0 Å². The molecule has 0 radical (unpaired) electrons. The molecule has 5 N–H and O–H groups in total. The smallest absolute Gasteiger partial charge is 0.263 e. The van der Waals surface area contributed by atoms with Gasteiger partial charge in [0, 0.05) is 19.0 Å². The summed E-state index contributed by atoms with van der Waals surface area (Å²) in [7, 11) is 0. The number of carbonyl (C=O) groups is 3. The van der Waals surface area contributed by atoms with E-state index in [1.54, 1.807) is 11.7 Å². The molecule has 3 amide bonds. The molecule has 9 nitrogen and oxygen atoms in total. The van der Waals surface area contributed by atoms with Crippen LogP contribution < -0.4 is 16.4 Å². The fourth-order valence-electron chi connectivity index (χ4n) is 3.26. The minimum atomic E-state index is -0.314. The van der Waals surface area contributed by atoms with Crippen LogP contribution in [0, 0.1) is 0 Å². The zero-order valence-electron chi connectivity index (χ0n) is 17.8. The number of hydrogen-bond donors (Lipinski definition) is 4. The van der Waals surface area contributed by atoms with Gasteiger partial charge >= 0.3 is 0 Å². The summed E-state index contributed by atoms with van der Waals surface area (Å²) in [5.41, 5.74) is 9.24. The number of rotatable bonds is 11. The van der Waals surface area contributed by atoms with Gasteiger partial charge in [-0.15, -0.1) is 11.3 Å². The first kappa shape index (κ1) is 23.1. The van der Waals surface area contributed by atoms with Crippen molar-refractivity contribution in [1.29, 1.82) is 0 Å². The van der Waals surface area contributed by atoms with E-state index in [1.807, 2.05) is 24.3 Å². The van der Waals surface area contributed by atoms with Crippen LogP contribution in [0.2, 0.25) is 0 Å². The number of carbonyl (C=O) groups excluding carboxylic acids is 3. The number of aromatic nitrogens is 3. The van der Waals surface area contributed by atoms with Gasteiger partial charge in [0.1, 0.15) is 10.7 Å². The zero-order valence-corrected chi connectivity index (χ0v) is 18.6. The van der Waals surface area contributed by atoms with Gasteiger partial charge in [-0.05, 0) is 30.5 Å². The molecular weight excluding hydrogens is 428 g/mol. The van der Waals surface area contributed by atoms with Crippen molar-refractivity contribution in [1.82, 2.24) is 20.3 Å². The summed E-state index contributed by atoms with van der Waals surface area (Å²) in [6.07, 6.45) is 6.64. The Morgan fingerprint density at radius 2 is 1.91 bits per heavy atom. The Bertz CT molecular complexity index is 1050. The Labute approximate surface area is 189 Å². The molecule has 32 heavy (non-hydrogen) atoms. The van der Waals surface area contributed by atoms with Crippen LogP contribution in [0.1, 0.15) is 60.6 Å². The fourth-order valence-corrected chi connectivity index (χ4v) is 3.78. The minimum Gasteiger partial charge on any atom is -0.370 e. The van der Waals surface area contributed by atoms with E-state index in [2.05, 4.69) is 25.6 Å². The van der Waals surface area contributed by atoms with Crippen molar-refractivity contribution >= 4 is 34.7 Å². The Kier molecular flexibility index (Phi) is 8.09. The molecule has 1 atom stereocenters. The molecule has 3 rings (SSSR count). The number of hydrogen-bond acceptors (Lipinski definition) is 6. The van der Waals surface area contributed by atoms with Crippen LogP contribution >= 0.6 is 11.3 Å². The number of thiazole rings is 1. The number of unbranched alkanes of at least 4 members (excludes halogenated alkanes) is 2. The summed E-state index contributed by atoms with van der Waals surface area (Å²) in [4.78, 5) is 47.0. The second-order valence-corrected chi connectivity index (χ2v) is 8.28. The molecule has 168 valence electrons. The van der Waals surface area contributed by atoms with E-state index < -0.39 is 0 Å². The van der Waals surface area contributed by atoms with E-state index in [9.17, 15) is 14.4 Å². The summed E-state index contributed by atoms with van der Waals surface area (Å²) < 4.78 is 0. The molecule has 0 saturated heterocycles. The Morgan fingerprint density at radius 3 is 2.56 bits per heavy atom. The maximum Gasteiger partial charge on any atom is 0.263 e. The van der Waals surface area contributed by atoms with Crippen molar-refractivity contribution in [3.63, 3.8) is 0 Å². The lowest BCUT2D eigenvalue weighted by Gasteiger charge is -2.16. The number of benzene rings is 1. The van der Waals surface area contributed by atoms with Gasteiger partial charge in [-0.3, -0.25) is 19.4 Å². The molecule has 0 saturated carbocycles. The highest BCUT2D eigenvalue weighted by Crippen LogP contribution is 2.24. The first-order valence-corrected chi connectivity index (χ1v) is 11.2. The lowest BCUT2D eigenvalue weighted by molar-refractivity contribution is -0.118. The lowest BCUT2D eigenvalue weighted by Crippen LogP contribution is -2.28. The highest BCUT2D eigenvalue weighted by Gasteiger charge is 2.20. The molecule has 1 aromatic carbocycles. The molecular formula is C22H26N6O3S. The van der Waals surface area contributed by atoms with Crippen LogP contribution in [0.25, 0.3) is 11.3 Å².